The number of carbonyl (C=O) groups excluding carboxylic acids is 1. The Bertz CT molecular complexity index is 548. The monoisotopic (exact) mass is 454 g/mol. The van der Waals surface area contributed by atoms with Gasteiger partial charge < -0.3 is 54.3 Å². The number of esters is 1. The van der Waals surface area contributed by atoms with Gasteiger partial charge in [-0.25, -0.2) is 0 Å². The summed E-state index contributed by atoms with van der Waals surface area (Å²) in [6, 6.07) is 0. The third-order valence-electron chi connectivity index (χ3n) is 5.13. The van der Waals surface area contributed by atoms with Crippen LogP contribution in [0.25, 0.3) is 0 Å². The fourth-order valence-electron chi connectivity index (χ4n) is 3.18. The van der Waals surface area contributed by atoms with Gasteiger partial charge in [0.25, 0.3) is 0 Å². The van der Waals surface area contributed by atoms with Gasteiger partial charge in [-0.05, 0) is 13.3 Å². The largest absolute Gasteiger partial charge is 0.466 e. The van der Waals surface area contributed by atoms with E-state index in [2.05, 4.69) is 0 Å². The minimum absolute atomic E-state index is 0.0988. The van der Waals surface area contributed by atoms with Gasteiger partial charge in [0, 0.05) is 0 Å². The molecule has 0 radical (unpaired) electrons. The van der Waals surface area contributed by atoms with Crippen LogP contribution in [0, 0.1) is 0 Å². The molecule has 2 fully saturated rings. The second-order valence-electron chi connectivity index (χ2n) is 7.82. The molecule has 0 aromatic carbocycles. The molecule has 182 valence electrons. The maximum Gasteiger partial charge on any atom is 0.308 e. The number of hydrogen-bond acceptors (Lipinski definition) is 12. The Kier molecular flexibility index (Phi) is 10.5. The van der Waals surface area contributed by atoms with Crippen LogP contribution in [0.2, 0.25) is 0 Å². The number of hydrogen-bond donors (Lipinski definition) is 6. The molecule has 31 heavy (non-hydrogen) atoms. The molecule has 0 bridgehead atoms. The zero-order valence-corrected chi connectivity index (χ0v) is 17.6. The Morgan fingerprint density at radius 2 is 1.68 bits per heavy atom. The van der Waals surface area contributed by atoms with Crippen molar-refractivity contribution in [2.45, 2.75) is 94.5 Å². The number of ether oxygens (including phenoxy) is 5. The lowest BCUT2D eigenvalue weighted by Gasteiger charge is -2.42. The van der Waals surface area contributed by atoms with Crippen LogP contribution in [-0.2, 0) is 28.5 Å². The summed E-state index contributed by atoms with van der Waals surface area (Å²) in [6.07, 6.45) is -12.0. The fraction of sp³-hybridized carbons (Fsp3) is 0.947. The predicted molar refractivity (Wildman–Crippen MR) is 101 cm³/mol. The molecule has 2 aliphatic heterocycles. The highest BCUT2D eigenvalue weighted by Crippen LogP contribution is 2.25. The highest BCUT2D eigenvalue weighted by molar-refractivity contribution is 5.69. The van der Waals surface area contributed by atoms with Crippen LogP contribution in [0.1, 0.15) is 33.1 Å². The van der Waals surface area contributed by atoms with E-state index < -0.39 is 67.4 Å². The van der Waals surface area contributed by atoms with Gasteiger partial charge in [0.05, 0.1) is 32.3 Å². The number of aliphatic hydroxyl groups excluding tert-OH is 6. The third-order valence-corrected chi connectivity index (χ3v) is 5.13. The van der Waals surface area contributed by atoms with Gasteiger partial charge in [0.15, 0.2) is 12.6 Å². The third kappa shape index (κ3) is 7.29. The van der Waals surface area contributed by atoms with Crippen molar-refractivity contribution < 1.29 is 59.1 Å². The highest BCUT2D eigenvalue weighted by Gasteiger charge is 2.46. The summed E-state index contributed by atoms with van der Waals surface area (Å²) < 4.78 is 26.5. The van der Waals surface area contributed by atoms with Crippen molar-refractivity contribution in [2.75, 3.05) is 19.8 Å². The molecule has 0 amide bonds. The normalized spacial score (nSPS) is 39.8. The van der Waals surface area contributed by atoms with Crippen molar-refractivity contribution in [3.63, 3.8) is 0 Å². The van der Waals surface area contributed by atoms with E-state index in [9.17, 15) is 35.4 Å². The molecular formula is C19H34O12. The first-order chi connectivity index (χ1) is 14.6. The topological polar surface area (TPSA) is 185 Å². The van der Waals surface area contributed by atoms with E-state index >= 15 is 0 Å². The van der Waals surface area contributed by atoms with Crippen LogP contribution in [0.3, 0.4) is 0 Å². The van der Waals surface area contributed by atoms with Crippen molar-refractivity contribution in [1.82, 2.24) is 0 Å². The van der Waals surface area contributed by atoms with Crippen LogP contribution in [-0.4, -0.2) is 118 Å². The summed E-state index contributed by atoms with van der Waals surface area (Å²) >= 11 is 0. The molecule has 10 atom stereocenters. The molecule has 2 rings (SSSR count). The zero-order valence-electron chi connectivity index (χ0n) is 17.6. The number of aliphatic hydroxyl groups is 6. The van der Waals surface area contributed by atoms with Crippen molar-refractivity contribution in [2.24, 2.45) is 0 Å². The first kappa shape index (κ1) is 26.3. The molecule has 2 heterocycles. The quantitative estimate of drug-likeness (QED) is 0.149. The summed E-state index contributed by atoms with van der Waals surface area (Å²) in [5.74, 6) is -0.476. The Balaban J connectivity index is 1.87. The van der Waals surface area contributed by atoms with E-state index in [0.29, 0.717) is 6.61 Å². The molecule has 0 aliphatic carbocycles. The zero-order chi connectivity index (χ0) is 23.1. The van der Waals surface area contributed by atoms with Gasteiger partial charge in [-0.3, -0.25) is 4.79 Å². The van der Waals surface area contributed by atoms with Gasteiger partial charge in [-0.1, -0.05) is 13.3 Å². The average Bonchev–Trinajstić information content (AvgIpc) is 2.72. The van der Waals surface area contributed by atoms with E-state index in [1.54, 1.807) is 6.92 Å². The van der Waals surface area contributed by atoms with E-state index in [0.717, 1.165) is 12.8 Å². The van der Waals surface area contributed by atoms with E-state index in [-0.39, 0.29) is 19.6 Å². The molecule has 0 saturated carbocycles. The summed E-state index contributed by atoms with van der Waals surface area (Å²) in [5, 5.41) is 59.5. The molecule has 0 unspecified atom stereocenters. The summed E-state index contributed by atoms with van der Waals surface area (Å²) in [4.78, 5) is 11.8. The minimum Gasteiger partial charge on any atom is -0.466 e. The molecule has 0 spiro atoms. The van der Waals surface area contributed by atoms with Crippen molar-refractivity contribution >= 4 is 5.97 Å². The Morgan fingerprint density at radius 1 is 1.00 bits per heavy atom. The van der Waals surface area contributed by atoms with E-state index in [4.69, 9.17) is 23.7 Å². The van der Waals surface area contributed by atoms with Gasteiger partial charge in [0.1, 0.15) is 42.7 Å². The van der Waals surface area contributed by atoms with Crippen LogP contribution >= 0.6 is 0 Å². The maximum atomic E-state index is 11.8. The Labute approximate surface area is 180 Å². The number of rotatable bonds is 10. The summed E-state index contributed by atoms with van der Waals surface area (Å²) in [7, 11) is 0. The van der Waals surface area contributed by atoms with Crippen molar-refractivity contribution in [1.29, 1.82) is 0 Å². The lowest BCUT2D eigenvalue weighted by molar-refractivity contribution is -0.326. The maximum absolute atomic E-state index is 11.8. The van der Waals surface area contributed by atoms with Crippen molar-refractivity contribution in [3.8, 4) is 0 Å². The SMILES string of the molecule is CCCCOC(=O)C[C@H](C)O[C@@H]1O[C@H](CO[C@@H]2OC[C@H](O)[C@H](O)[C@H]2O)[C@H](O)[C@H](O)[C@H]1O. The smallest absolute Gasteiger partial charge is 0.308 e. The van der Waals surface area contributed by atoms with Gasteiger partial charge in [-0.15, -0.1) is 0 Å². The second-order valence-corrected chi connectivity index (χ2v) is 7.82. The van der Waals surface area contributed by atoms with Gasteiger partial charge >= 0.3 is 5.97 Å². The molecule has 2 aliphatic rings. The summed E-state index contributed by atoms with van der Waals surface area (Å²) in [6.45, 7) is 3.18. The van der Waals surface area contributed by atoms with Crippen molar-refractivity contribution in [3.05, 3.63) is 0 Å². The fourth-order valence-corrected chi connectivity index (χ4v) is 3.18. The Morgan fingerprint density at radius 3 is 2.35 bits per heavy atom. The van der Waals surface area contributed by atoms with Crippen LogP contribution in [0.4, 0.5) is 0 Å². The van der Waals surface area contributed by atoms with Gasteiger partial charge in [0.2, 0.25) is 0 Å². The predicted octanol–water partition coefficient (Wildman–Crippen LogP) is -2.61. The standard InChI is InChI=1S/C19H34O12/c1-3-4-5-27-12(21)6-9(2)30-19-17(26)15(24)14(23)11(31-19)8-29-18-16(25)13(22)10(20)7-28-18/h9-11,13-20,22-26H,3-8H2,1-2H3/t9-,10-,11+,13-,14-,15-,16+,17+,18-,19+/m0/s1. The van der Waals surface area contributed by atoms with E-state index in [1.165, 1.54) is 0 Å². The Hall–Kier alpha value is -0.930. The second kappa shape index (κ2) is 12.3. The number of unbranched alkanes of at least 4 members (excludes halogenated alkanes) is 1. The molecule has 12 heteroatoms. The molecule has 12 nitrogen and oxygen atoms in total. The first-order valence-corrected chi connectivity index (χ1v) is 10.4. The first-order valence-electron chi connectivity index (χ1n) is 10.4. The van der Waals surface area contributed by atoms with Crippen LogP contribution in [0.5, 0.6) is 0 Å². The lowest BCUT2D eigenvalue weighted by Crippen LogP contribution is -2.60. The molecule has 0 aromatic heterocycles. The molecule has 2 saturated heterocycles. The average molecular weight is 454 g/mol. The lowest BCUT2D eigenvalue weighted by atomic mass is 9.99. The van der Waals surface area contributed by atoms with Gasteiger partial charge in [-0.2, -0.15) is 0 Å². The van der Waals surface area contributed by atoms with Crippen LogP contribution in [0.15, 0.2) is 0 Å². The molecule has 6 N–H and O–H groups in total. The molecule has 0 aromatic rings. The van der Waals surface area contributed by atoms with Crippen LogP contribution < -0.4 is 0 Å². The minimum atomic E-state index is -1.62. The van der Waals surface area contributed by atoms with E-state index in [1.807, 2.05) is 6.92 Å². The highest BCUT2D eigenvalue weighted by atomic mass is 16.7. The number of carbonyl (C=O) groups is 1. The summed E-state index contributed by atoms with van der Waals surface area (Å²) in [5.41, 5.74) is 0. The molecular weight excluding hydrogens is 420 g/mol.